The van der Waals surface area contributed by atoms with E-state index in [4.69, 9.17) is 20.3 Å². The standard InChI is InChI=1S/C15H33NO3/c1-11(2)8-14(9-12(3)4)18-10-13(5)19-15(16)6-7-17/h11-15,17H,6-10,16H2,1-5H3. The zero-order chi connectivity index (χ0) is 14.8. The molecule has 0 aromatic rings. The molecule has 0 radical (unpaired) electrons. The molecule has 0 saturated heterocycles. The van der Waals surface area contributed by atoms with Crippen LogP contribution in [0.2, 0.25) is 0 Å². The maximum Gasteiger partial charge on any atom is 0.108 e. The molecule has 0 rings (SSSR count). The minimum Gasteiger partial charge on any atom is -0.396 e. The molecular weight excluding hydrogens is 242 g/mol. The lowest BCUT2D eigenvalue weighted by atomic mass is 9.98. The van der Waals surface area contributed by atoms with Gasteiger partial charge in [0.05, 0.1) is 18.8 Å². The number of aliphatic hydroxyl groups is 1. The van der Waals surface area contributed by atoms with Crippen LogP contribution >= 0.6 is 0 Å². The summed E-state index contributed by atoms with van der Waals surface area (Å²) in [4.78, 5) is 0. The van der Waals surface area contributed by atoms with Crippen LogP contribution in [-0.4, -0.2) is 36.8 Å². The van der Waals surface area contributed by atoms with Crippen molar-refractivity contribution in [2.24, 2.45) is 17.6 Å². The second-order valence-electron chi connectivity index (χ2n) is 6.21. The third-order valence-corrected chi connectivity index (χ3v) is 2.86. The van der Waals surface area contributed by atoms with Crippen LogP contribution in [0.4, 0.5) is 0 Å². The van der Waals surface area contributed by atoms with E-state index in [0.717, 1.165) is 12.8 Å². The third kappa shape index (κ3) is 11.4. The van der Waals surface area contributed by atoms with Crippen LogP contribution < -0.4 is 5.73 Å². The van der Waals surface area contributed by atoms with Crippen LogP contribution in [0.25, 0.3) is 0 Å². The maximum absolute atomic E-state index is 8.77. The average molecular weight is 275 g/mol. The molecule has 3 N–H and O–H groups in total. The van der Waals surface area contributed by atoms with E-state index in [0.29, 0.717) is 31.0 Å². The molecule has 0 aliphatic carbocycles. The topological polar surface area (TPSA) is 64.7 Å². The number of hydrogen-bond acceptors (Lipinski definition) is 4. The smallest absolute Gasteiger partial charge is 0.108 e. The van der Waals surface area contributed by atoms with Crippen molar-refractivity contribution >= 4 is 0 Å². The van der Waals surface area contributed by atoms with Gasteiger partial charge in [0.25, 0.3) is 0 Å². The molecule has 2 unspecified atom stereocenters. The molecule has 0 aromatic heterocycles. The van der Waals surface area contributed by atoms with E-state index in [1.807, 2.05) is 6.92 Å². The Bertz CT molecular complexity index is 200. The highest BCUT2D eigenvalue weighted by molar-refractivity contribution is 4.65. The van der Waals surface area contributed by atoms with Crippen LogP contribution in [-0.2, 0) is 9.47 Å². The van der Waals surface area contributed by atoms with Crippen molar-refractivity contribution in [3.63, 3.8) is 0 Å². The summed E-state index contributed by atoms with van der Waals surface area (Å²) >= 11 is 0. The second-order valence-corrected chi connectivity index (χ2v) is 6.21. The van der Waals surface area contributed by atoms with Crippen LogP contribution in [0.1, 0.15) is 53.9 Å². The first-order valence-electron chi connectivity index (χ1n) is 7.48. The Balaban J connectivity index is 4.00. The number of rotatable bonds is 11. The van der Waals surface area contributed by atoms with Crippen molar-refractivity contribution < 1.29 is 14.6 Å². The third-order valence-electron chi connectivity index (χ3n) is 2.86. The van der Waals surface area contributed by atoms with Crippen molar-refractivity contribution in [3.05, 3.63) is 0 Å². The summed E-state index contributed by atoms with van der Waals surface area (Å²) in [5.74, 6) is 1.27. The van der Waals surface area contributed by atoms with Gasteiger partial charge in [0, 0.05) is 13.0 Å². The van der Waals surface area contributed by atoms with Crippen LogP contribution in [0.5, 0.6) is 0 Å². The van der Waals surface area contributed by atoms with Crippen molar-refractivity contribution in [2.75, 3.05) is 13.2 Å². The Kier molecular flexibility index (Phi) is 10.5. The zero-order valence-electron chi connectivity index (χ0n) is 13.3. The number of ether oxygens (including phenoxy) is 2. The first-order valence-corrected chi connectivity index (χ1v) is 7.48. The lowest BCUT2D eigenvalue weighted by molar-refractivity contribution is -0.0770. The summed E-state index contributed by atoms with van der Waals surface area (Å²) in [6.45, 7) is 11.4. The molecule has 116 valence electrons. The predicted octanol–water partition coefficient (Wildman–Crippen LogP) is 2.54. The fourth-order valence-electron chi connectivity index (χ4n) is 2.09. The Morgan fingerprint density at radius 3 is 1.95 bits per heavy atom. The second kappa shape index (κ2) is 10.6. The minimum absolute atomic E-state index is 0.0385. The van der Waals surface area contributed by atoms with E-state index in [1.165, 1.54) is 0 Å². The zero-order valence-corrected chi connectivity index (χ0v) is 13.3. The molecule has 0 amide bonds. The van der Waals surface area contributed by atoms with E-state index in [1.54, 1.807) is 0 Å². The highest BCUT2D eigenvalue weighted by Crippen LogP contribution is 2.17. The van der Waals surface area contributed by atoms with Crippen LogP contribution in [0.3, 0.4) is 0 Å². The van der Waals surface area contributed by atoms with Crippen molar-refractivity contribution in [1.29, 1.82) is 0 Å². The molecule has 2 atom stereocenters. The monoisotopic (exact) mass is 275 g/mol. The van der Waals surface area contributed by atoms with Gasteiger partial charge in [-0.25, -0.2) is 0 Å². The summed E-state index contributed by atoms with van der Waals surface area (Å²) in [6, 6.07) is 0. The molecule has 4 heteroatoms. The van der Waals surface area contributed by atoms with E-state index in [2.05, 4.69) is 27.7 Å². The molecule has 0 fully saturated rings. The average Bonchev–Trinajstić information content (AvgIpc) is 2.24. The van der Waals surface area contributed by atoms with Gasteiger partial charge in [-0.2, -0.15) is 0 Å². The minimum atomic E-state index is -0.405. The molecule has 0 aliphatic heterocycles. The van der Waals surface area contributed by atoms with Gasteiger partial charge in [-0.3, -0.25) is 0 Å². The molecule has 0 heterocycles. The first-order chi connectivity index (χ1) is 8.85. The Hall–Kier alpha value is -0.160. The predicted molar refractivity (Wildman–Crippen MR) is 78.9 cm³/mol. The highest BCUT2D eigenvalue weighted by atomic mass is 16.5. The molecule has 0 aromatic carbocycles. The van der Waals surface area contributed by atoms with Gasteiger partial charge < -0.3 is 20.3 Å². The van der Waals surface area contributed by atoms with Crippen molar-refractivity contribution in [2.45, 2.75) is 72.3 Å². The lowest BCUT2D eigenvalue weighted by Gasteiger charge is -2.25. The van der Waals surface area contributed by atoms with E-state index in [-0.39, 0.29) is 12.7 Å². The molecule has 0 aliphatic rings. The fraction of sp³-hybridized carbons (Fsp3) is 1.00. The van der Waals surface area contributed by atoms with E-state index < -0.39 is 6.23 Å². The van der Waals surface area contributed by atoms with Crippen molar-refractivity contribution in [3.8, 4) is 0 Å². The van der Waals surface area contributed by atoms with Gasteiger partial charge >= 0.3 is 0 Å². The Morgan fingerprint density at radius 2 is 1.53 bits per heavy atom. The fourth-order valence-corrected chi connectivity index (χ4v) is 2.09. The SMILES string of the molecule is CC(C)CC(CC(C)C)OCC(C)OC(N)CCO. The quantitative estimate of drug-likeness (QED) is 0.569. The Labute approximate surface area is 118 Å². The highest BCUT2D eigenvalue weighted by Gasteiger charge is 2.16. The number of aliphatic hydroxyl groups excluding tert-OH is 1. The normalized spacial score (nSPS) is 15.5. The van der Waals surface area contributed by atoms with Crippen LogP contribution in [0, 0.1) is 11.8 Å². The van der Waals surface area contributed by atoms with Gasteiger partial charge in [0.15, 0.2) is 0 Å². The van der Waals surface area contributed by atoms with Gasteiger partial charge in [0.2, 0.25) is 0 Å². The largest absolute Gasteiger partial charge is 0.396 e. The lowest BCUT2D eigenvalue weighted by Crippen LogP contribution is -2.32. The number of hydrogen-bond donors (Lipinski definition) is 2. The van der Waals surface area contributed by atoms with E-state index >= 15 is 0 Å². The summed E-state index contributed by atoms with van der Waals surface area (Å²) in [5.41, 5.74) is 5.72. The summed E-state index contributed by atoms with van der Waals surface area (Å²) in [6.07, 6.45) is 2.47. The van der Waals surface area contributed by atoms with Gasteiger partial charge in [0.1, 0.15) is 6.23 Å². The first kappa shape index (κ1) is 18.8. The van der Waals surface area contributed by atoms with Crippen LogP contribution in [0.15, 0.2) is 0 Å². The molecule has 4 nitrogen and oxygen atoms in total. The Morgan fingerprint density at radius 1 is 1.00 bits per heavy atom. The maximum atomic E-state index is 8.77. The van der Waals surface area contributed by atoms with Gasteiger partial charge in [-0.05, 0) is 31.6 Å². The molecule has 19 heavy (non-hydrogen) atoms. The van der Waals surface area contributed by atoms with Crippen molar-refractivity contribution in [1.82, 2.24) is 0 Å². The summed E-state index contributed by atoms with van der Waals surface area (Å²) < 4.78 is 11.5. The number of nitrogens with two attached hydrogens (primary N) is 1. The molecule has 0 saturated carbocycles. The molecule has 0 bridgehead atoms. The molecule has 0 spiro atoms. The van der Waals surface area contributed by atoms with E-state index in [9.17, 15) is 0 Å². The summed E-state index contributed by atoms with van der Waals surface area (Å²) in [7, 11) is 0. The van der Waals surface area contributed by atoms with Gasteiger partial charge in [-0.1, -0.05) is 27.7 Å². The van der Waals surface area contributed by atoms with Gasteiger partial charge in [-0.15, -0.1) is 0 Å². The molecular formula is C15H33NO3. The summed E-state index contributed by atoms with van der Waals surface area (Å²) in [5, 5.41) is 8.77.